The Bertz CT molecular complexity index is 381. The van der Waals surface area contributed by atoms with E-state index in [-0.39, 0.29) is 24.0 Å². The first-order valence-corrected chi connectivity index (χ1v) is 12.7. The molecule has 1 amide bonds. The van der Waals surface area contributed by atoms with Gasteiger partial charge in [-0.05, 0) is 13.3 Å². The average Bonchev–Trinajstić information content (AvgIpc) is 2.71. The maximum Gasteiger partial charge on any atom is 0.222 e. The van der Waals surface area contributed by atoms with Crippen molar-refractivity contribution in [2.75, 3.05) is 39.8 Å². The first kappa shape index (κ1) is 29.2. The molecule has 1 fully saturated rings. The summed E-state index contributed by atoms with van der Waals surface area (Å²) in [7, 11) is 2.32. The third-order valence-corrected chi connectivity index (χ3v) is 6.93. The van der Waals surface area contributed by atoms with E-state index in [2.05, 4.69) is 25.8 Å². The first-order valence-electron chi connectivity index (χ1n) is 12.7. The van der Waals surface area contributed by atoms with Crippen LogP contribution in [0, 0.1) is 0 Å². The molecular formula is C25H51IN2O. The minimum atomic E-state index is 0. The summed E-state index contributed by atoms with van der Waals surface area (Å²) in [6, 6.07) is 0. The summed E-state index contributed by atoms with van der Waals surface area (Å²) in [6.07, 6.45) is 21.5. The van der Waals surface area contributed by atoms with Gasteiger partial charge in [0.1, 0.15) is 0 Å². The SMILES string of the molecule is CCCCCCCCCCCCCCCCCC(=O)N1CC[N+](C)(CC)CC1.[I-]. The van der Waals surface area contributed by atoms with Gasteiger partial charge >= 0.3 is 0 Å². The zero-order valence-electron chi connectivity index (χ0n) is 20.0. The molecule has 0 bridgehead atoms. The molecule has 1 heterocycles. The zero-order chi connectivity index (χ0) is 20.5. The summed E-state index contributed by atoms with van der Waals surface area (Å²) < 4.78 is 1.13. The number of hydrogen-bond acceptors (Lipinski definition) is 1. The van der Waals surface area contributed by atoms with Crippen molar-refractivity contribution in [2.45, 2.75) is 117 Å². The van der Waals surface area contributed by atoms with E-state index in [4.69, 9.17) is 0 Å². The molecule has 0 saturated carbocycles. The Morgan fingerprint density at radius 1 is 0.690 bits per heavy atom. The number of likely N-dealkylation sites (N-methyl/N-ethyl adjacent to an activating group) is 1. The van der Waals surface area contributed by atoms with Gasteiger partial charge < -0.3 is 33.4 Å². The van der Waals surface area contributed by atoms with E-state index in [0.717, 1.165) is 43.5 Å². The minimum Gasteiger partial charge on any atom is -1.00 e. The van der Waals surface area contributed by atoms with E-state index < -0.39 is 0 Å². The van der Waals surface area contributed by atoms with Crippen molar-refractivity contribution in [1.29, 1.82) is 0 Å². The van der Waals surface area contributed by atoms with Crippen LogP contribution in [0.4, 0.5) is 0 Å². The van der Waals surface area contributed by atoms with Crippen molar-refractivity contribution in [3.63, 3.8) is 0 Å². The van der Waals surface area contributed by atoms with Crippen molar-refractivity contribution in [3.8, 4) is 0 Å². The molecule has 0 aromatic rings. The summed E-state index contributed by atoms with van der Waals surface area (Å²) in [5.74, 6) is 0.400. The monoisotopic (exact) mass is 522 g/mol. The fraction of sp³-hybridized carbons (Fsp3) is 0.960. The lowest BCUT2D eigenvalue weighted by Gasteiger charge is -2.41. The van der Waals surface area contributed by atoms with Gasteiger partial charge in [0.05, 0.1) is 39.8 Å². The molecular weight excluding hydrogens is 471 g/mol. The molecule has 0 spiro atoms. The fourth-order valence-corrected chi connectivity index (χ4v) is 4.32. The number of hydrogen-bond donors (Lipinski definition) is 0. The summed E-state index contributed by atoms with van der Waals surface area (Å²) in [5, 5.41) is 0. The molecule has 1 aliphatic heterocycles. The van der Waals surface area contributed by atoms with Crippen LogP contribution in [0.25, 0.3) is 0 Å². The molecule has 0 aliphatic carbocycles. The lowest BCUT2D eigenvalue weighted by atomic mass is 10.0. The van der Waals surface area contributed by atoms with Crippen LogP contribution in [-0.2, 0) is 4.79 Å². The largest absolute Gasteiger partial charge is 1.00 e. The van der Waals surface area contributed by atoms with Crippen molar-refractivity contribution in [1.82, 2.24) is 4.90 Å². The highest BCUT2D eigenvalue weighted by atomic mass is 127. The second-order valence-corrected chi connectivity index (χ2v) is 9.46. The molecule has 0 aromatic carbocycles. The van der Waals surface area contributed by atoms with Crippen LogP contribution in [0.2, 0.25) is 0 Å². The van der Waals surface area contributed by atoms with Crippen molar-refractivity contribution >= 4 is 5.91 Å². The van der Waals surface area contributed by atoms with Gasteiger partial charge in [-0.15, -0.1) is 0 Å². The van der Waals surface area contributed by atoms with Crippen LogP contribution in [0.3, 0.4) is 0 Å². The molecule has 1 rings (SSSR count). The molecule has 0 atom stereocenters. The Morgan fingerprint density at radius 2 is 1.07 bits per heavy atom. The van der Waals surface area contributed by atoms with E-state index in [0.29, 0.717) is 5.91 Å². The number of quaternary nitrogens is 1. The summed E-state index contributed by atoms with van der Waals surface area (Å²) in [6.45, 7) is 9.90. The third-order valence-electron chi connectivity index (χ3n) is 6.93. The smallest absolute Gasteiger partial charge is 0.222 e. The van der Waals surface area contributed by atoms with Gasteiger partial charge in [-0.25, -0.2) is 0 Å². The molecule has 29 heavy (non-hydrogen) atoms. The number of halogens is 1. The highest BCUT2D eigenvalue weighted by Gasteiger charge is 2.28. The average molecular weight is 523 g/mol. The Kier molecular flexibility index (Phi) is 19.0. The molecule has 0 N–H and O–H groups in total. The van der Waals surface area contributed by atoms with Crippen LogP contribution in [-0.4, -0.2) is 55.1 Å². The lowest BCUT2D eigenvalue weighted by Crippen LogP contribution is -3.00. The Balaban J connectivity index is 0.00000784. The van der Waals surface area contributed by atoms with Crippen molar-refractivity contribution in [3.05, 3.63) is 0 Å². The van der Waals surface area contributed by atoms with Crippen LogP contribution in [0.1, 0.15) is 117 Å². The normalized spacial score (nSPS) is 15.9. The predicted molar refractivity (Wildman–Crippen MR) is 123 cm³/mol. The lowest BCUT2D eigenvalue weighted by molar-refractivity contribution is -0.911. The first-order chi connectivity index (χ1) is 13.6. The van der Waals surface area contributed by atoms with Gasteiger partial charge in [0.25, 0.3) is 0 Å². The molecule has 3 nitrogen and oxygen atoms in total. The maximum atomic E-state index is 12.4. The Hall–Kier alpha value is 0.160. The molecule has 4 heteroatoms. The van der Waals surface area contributed by atoms with Gasteiger partial charge in [-0.3, -0.25) is 4.79 Å². The number of carbonyl (C=O) groups excluding carboxylic acids is 1. The number of amides is 1. The van der Waals surface area contributed by atoms with E-state index in [1.807, 2.05) is 0 Å². The molecule has 174 valence electrons. The van der Waals surface area contributed by atoms with Gasteiger partial charge in [0.2, 0.25) is 5.91 Å². The van der Waals surface area contributed by atoms with Crippen LogP contribution < -0.4 is 24.0 Å². The van der Waals surface area contributed by atoms with Crippen LogP contribution in [0.5, 0.6) is 0 Å². The maximum absolute atomic E-state index is 12.4. The molecule has 0 radical (unpaired) electrons. The van der Waals surface area contributed by atoms with Crippen LogP contribution >= 0.6 is 0 Å². The fourth-order valence-electron chi connectivity index (χ4n) is 4.32. The van der Waals surface area contributed by atoms with E-state index in [1.54, 1.807) is 0 Å². The molecule has 1 saturated heterocycles. The second kappa shape index (κ2) is 18.9. The number of carbonyl (C=O) groups is 1. The van der Waals surface area contributed by atoms with Crippen molar-refractivity contribution in [2.24, 2.45) is 0 Å². The zero-order valence-corrected chi connectivity index (χ0v) is 22.2. The number of rotatable bonds is 17. The second-order valence-electron chi connectivity index (χ2n) is 9.46. The van der Waals surface area contributed by atoms with E-state index >= 15 is 0 Å². The van der Waals surface area contributed by atoms with Gasteiger partial charge in [-0.2, -0.15) is 0 Å². The van der Waals surface area contributed by atoms with Gasteiger partial charge in [-0.1, -0.05) is 96.8 Å². The van der Waals surface area contributed by atoms with Crippen LogP contribution in [0.15, 0.2) is 0 Å². The molecule has 1 aliphatic rings. The number of piperazine rings is 1. The highest BCUT2D eigenvalue weighted by Crippen LogP contribution is 2.15. The number of nitrogens with zero attached hydrogens (tertiary/aromatic N) is 2. The number of unbranched alkanes of at least 4 members (excludes halogenated alkanes) is 14. The topological polar surface area (TPSA) is 20.3 Å². The molecule has 0 aromatic heterocycles. The summed E-state index contributed by atoms with van der Waals surface area (Å²) >= 11 is 0. The standard InChI is InChI=1S/C25H51N2O.HI/c1-4-6-7-8-9-10-11-12-13-14-15-16-17-18-19-20-25(28)26-21-23-27(3,5-2)24-22-26;/h4-24H2,1-3H3;1H/q+1;/p-1. The highest BCUT2D eigenvalue weighted by molar-refractivity contribution is 5.76. The summed E-state index contributed by atoms with van der Waals surface area (Å²) in [5.41, 5.74) is 0. The van der Waals surface area contributed by atoms with Gasteiger partial charge in [0, 0.05) is 6.42 Å². The van der Waals surface area contributed by atoms with Crippen molar-refractivity contribution < 1.29 is 33.3 Å². The Morgan fingerprint density at radius 3 is 1.45 bits per heavy atom. The minimum absolute atomic E-state index is 0. The molecule has 0 unspecified atom stereocenters. The van der Waals surface area contributed by atoms with Gasteiger partial charge in [0.15, 0.2) is 0 Å². The predicted octanol–water partition coefficient (Wildman–Crippen LogP) is 3.56. The van der Waals surface area contributed by atoms with E-state index in [1.165, 1.54) is 96.4 Å². The summed E-state index contributed by atoms with van der Waals surface area (Å²) in [4.78, 5) is 14.5. The third kappa shape index (κ3) is 14.7. The van der Waals surface area contributed by atoms with E-state index in [9.17, 15) is 4.79 Å². The quantitative estimate of drug-likeness (QED) is 0.163. The Labute approximate surface area is 200 Å².